The molecule has 0 saturated carbocycles. The van der Waals surface area contributed by atoms with E-state index in [0.29, 0.717) is 38.1 Å². The van der Waals surface area contributed by atoms with Gasteiger partial charge in [-0.3, -0.25) is 14.3 Å². The summed E-state index contributed by atoms with van der Waals surface area (Å²) < 4.78 is 21.1. The van der Waals surface area contributed by atoms with Crippen LogP contribution in [0.15, 0.2) is 73.1 Å². The molecule has 45 heavy (non-hydrogen) atoms. The van der Waals surface area contributed by atoms with Gasteiger partial charge in [0.2, 0.25) is 12.1 Å². The van der Waals surface area contributed by atoms with Crippen LogP contribution < -0.4 is 15.0 Å². The van der Waals surface area contributed by atoms with E-state index in [0.717, 1.165) is 52.1 Å². The summed E-state index contributed by atoms with van der Waals surface area (Å²) in [6.07, 6.45) is 4.33. The first-order valence-corrected chi connectivity index (χ1v) is 15.1. The van der Waals surface area contributed by atoms with Crippen LogP contribution >= 0.6 is 0 Å². The number of benzene rings is 3. The molecule has 1 aromatic heterocycles. The smallest absolute Gasteiger partial charge is 0.340 e. The minimum absolute atomic E-state index is 0.0854. The van der Waals surface area contributed by atoms with E-state index in [1.807, 2.05) is 54.4 Å². The van der Waals surface area contributed by atoms with Gasteiger partial charge in [-0.05, 0) is 85.2 Å². The number of hydrogen-bond acceptors (Lipinski definition) is 5. The van der Waals surface area contributed by atoms with Gasteiger partial charge in [-0.25, -0.2) is 9.18 Å². The number of aryl methyl sites for hydroxylation is 1. The standard InChI is InChI=1S/C35H37FN4O5/c1-23-8-3-14-32(24(23)2)45-17-7-15-33(41)40-16-6-12-29-28(11-5-13-31(29)40)27-19-38-39(22-27)21-25-9-4-10-26(18-25)34(42)37-20-30(36)35(43)44/h3-5,8-11,13-14,18-19,22,30H,6-7,12,15-17,20-21H2,1-2H3,(H,37,42)(H,43,44). The van der Waals surface area contributed by atoms with Crippen LogP contribution in [0.2, 0.25) is 0 Å². The van der Waals surface area contributed by atoms with Crippen LogP contribution in [-0.2, 0) is 22.6 Å². The van der Waals surface area contributed by atoms with Crippen molar-refractivity contribution in [1.29, 1.82) is 0 Å². The van der Waals surface area contributed by atoms with Gasteiger partial charge in [-0.2, -0.15) is 5.10 Å². The number of hydrogen-bond donors (Lipinski definition) is 2. The highest BCUT2D eigenvalue weighted by atomic mass is 19.1. The third-order valence-corrected chi connectivity index (χ3v) is 8.09. The second-order valence-electron chi connectivity index (χ2n) is 11.2. The normalized spacial score (nSPS) is 13.2. The Morgan fingerprint density at radius 3 is 2.71 bits per heavy atom. The fourth-order valence-corrected chi connectivity index (χ4v) is 5.53. The average Bonchev–Trinajstić information content (AvgIpc) is 3.51. The summed E-state index contributed by atoms with van der Waals surface area (Å²) in [5.74, 6) is -1.22. The molecule has 3 aromatic carbocycles. The number of nitrogens with one attached hydrogen (secondary N) is 1. The van der Waals surface area contributed by atoms with Gasteiger partial charge >= 0.3 is 5.97 Å². The summed E-state index contributed by atoms with van der Waals surface area (Å²) in [6.45, 7) is 5.04. The fourth-order valence-electron chi connectivity index (χ4n) is 5.53. The van der Waals surface area contributed by atoms with E-state index in [9.17, 15) is 18.8 Å². The Morgan fingerprint density at radius 1 is 1.09 bits per heavy atom. The highest BCUT2D eigenvalue weighted by Crippen LogP contribution is 2.36. The number of carbonyl (C=O) groups is 3. The van der Waals surface area contributed by atoms with Crippen molar-refractivity contribution in [3.05, 3.63) is 101 Å². The molecule has 1 unspecified atom stereocenters. The summed E-state index contributed by atoms with van der Waals surface area (Å²) in [7, 11) is 0. The molecule has 1 aliphatic heterocycles. The van der Waals surface area contributed by atoms with Crippen molar-refractivity contribution in [1.82, 2.24) is 15.1 Å². The van der Waals surface area contributed by atoms with Crippen molar-refractivity contribution < 1.29 is 28.6 Å². The van der Waals surface area contributed by atoms with Crippen LogP contribution in [0.5, 0.6) is 5.75 Å². The molecule has 234 valence electrons. The molecule has 1 aliphatic rings. The van der Waals surface area contributed by atoms with Gasteiger partial charge in [0, 0.05) is 36.0 Å². The van der Waals surface area contributed by atoms with E-state index in [1.54, 1.807) is 29.1 Å². The third kappa shape index (κ3) is 7.57. The second-order valence-corrected chi connectivity index (χ2v) is 11.2. The predicted octanol–water partition coefficient (Wildman–Crippen LogP) is 5.51. The lowest BCUT2D eigenvalue weighted by Crippen LogP contribution is -2.35. The molecule has 2 amide bonds. The second kappa shape index (κ2) is 14.2. The van der Waals surface area contributed by atoms with Gasteiger partial charge in [-0.15, -0.1) is 0 Å². The number of alkyl halides is 1. The maximum absolute atomic E-state index is 13.4. The van der Waals surface area contributed by atoms with Crippen LogP contribution in [0.25, 0.3) is 11.1 Å². The number of ether oxygens (including phenoxy) is 1. The first kappa shape index (κ1) is 31.4. The molecule has 0 aliphatic carbocycles. The van der Waals surface area contributed by atoms with E-state index >= 15 is 0 Å². The Labute approximate surface area is 261 Å². The third-order valence-electron chi connectivity index (χ3n) is 8.09. The Bertz CT molecular complexity index is 1700. The predicted molar refractivity (Wildman–Crippen MR) is 169 cm³/mol. The van der Waals surface area contributed by atoms with Crippen molar-refractivity contribution >= 4 is 23.5 Å². The average molecular weight is 613 g/mol. The van der Waals surface area contributed by atoms with E-state index in [2.05, 4.69) is 23.4 Å². The van der Waals surface area contributed by atoms with Crippen LogP contribution in [0.4, 0.5) is 10.1 Å². The molecule has 0 spiro atoms. The molecule has 0 radical (unpaired) electrons. The summed E-state index contributed by atoms with van der Waals surface area (Å²) in [5.41, 5.74) is 7.42. The monoisotopic (exact) mass is 612 g/mol. The number of carbonyl (C=O) groups excluding carboxylic acids is 2. The molecule has 4 aromatic rings. The van der Waals surface area contributed by atoms with Crippen LogP contribution in [-0.4, -0.2) is 58.5 Å². The van der Waals surface area contributed by atoms with Crippen molar-refractivity contribution in [2.24, 2.45) is 0 Å². The van der Waals surface area contributed by atoms with Gasteiger partial charge in [-0.1, -0.05) is 36.4 Å². The van der Waals surface area contributed by atoms with Crippen molar-refractivity contribution in [3.8, 4) is 16.9 Å². The number of carboxylic acids is 1. The molecule has 5 rings (SSSR count). The molecule has 1 atom stereocenters. The Kier molecular flexibility index (Phi) is 9.92. The highest BCUT2D eigenvalue weighted by molar-refractivity contribution is 5.96. The number of fused-ring (bicyclic) bond motifs is 1. The van der Waals surface area contributed by atoms with Gasteiger partial charge in [0.1, 0.15) is 5.75 Å². The molecule has 0 saturated heterocycles. The van der Waals surface area contributed by atoms with Gasteiger partial charge in [0.05, 0.1) is 25.9 Å². The molecule has 0 fully saturated rings. The molecule has 2 N–H and O–H groups in total. The zero-order valence-corrected chi connectivity index (χ0v) is 25.5. The highest BCUT2D eigenvalue weighted by Gasteiger charge is 2.25. The van der Waals surface area contributed by atoms with Crippen molar-refractivity contribution in [2.75, 3.05) is 24.6 Å². The first-order valence-electron chi connectivity index (χ1n) is 15.1. The number of nitrogens with zero attached hydrogens (tertiary/aromatic N) is 3. The minimum atomic E-state index is -2.16. The topological polar surface area (TPSA) is 114 Å². The van der Waals surface area contributed by atoms with Gasteiger partial charge < -0.3 is 20.1 Å². The van der Waals surface area contributed by atoms with Crippen molar-refractivity contribution in [3.63, 3.8) is 0 Å². The number of aliphatic carboxylic acids is 1. The molecular formula is C35H37FN4O5. The zero-order chi connectivity index (χ0) is 31.9. The molecule has 2 heterocycles. The lowest BCUT2D eigenvalue weighted by atomic mass is 9.93. The Hall–Kier alpha value is -4.99. The maximum atomic E-state index is 13.4. The largest absolute Gasteiger partial charge is 0.493 e. The van der Waals surface area contributed by atoms with Gasteiger partial charge in [0.15, 0.2) is 0 Å². The van der Waals surface area contributed by atoms with Crippen LogP contribution in [0.3, 0.4) is 0 Å². The Balaban J connectivity index is 1.22. The fraction of sp³-hybridized carbons (Fsp3) is 0.314. The van der Waals surface area contributed by atoms with E-state index in [4.69, 9.17) is 9.84 Å². The summed E-state index contributed by atoms with van der Waals surface area (Å²) in [4.78, 5) is 38.3. The van der Waals surface area contributed by atoms with E-state index < -0.39 is 24.6 Å². The molecule has 10 heteroatoms. The molecular weight excluding hydrogens is 575 g/mol. The van der Waals surface area contributed by atoms with E-state index in [-0.39, 0.29) is 5.91 Å². The van der Waals surface area contributed by atoms with Crippen molar-refractivity contribution in [2.45, 2.75) is 52.2 Å². The number of rotatable bonds is 12. The zero-order valence-electron chi connectivity index (χ0n) is 25.5. The Morgan fingerprint density at radius 2 is 1.89 bits per heavy atom. The quantitative estimate of drug-likeness (QED) is 0.204. The van der Waals surface area contributed by atoms with Crippen LogP contribution in [0.1, 0.15) is 51.9 Å². The van der Waals surface area contributed by atoms with Crippen LogP contribution in [0, 0.1) is 13.8 Å². The minimum Gasteiger partial charge on any atom is -0.493 e. The number of halogens is 1. The summed E-state index contributed by atoms with van der Waals surface area (Å²) >= 11 is 0. The lowest BCUT2D eigenvalue weighted by Gasteiger charge is -2.31. The summed E-state index contributed by atoms with van der Waals surface area (Å²) in [5, 5.41) is 15.5. The van der Waals surface area contributed by atoms with E-state index in [1.165, 1.54) is 5.56 Å². The SMILES string of the molecule is Cc1cccc(OCCCC(=O)N2CCCc3c(-c4cnn(Cc5cccc(C(=O)NCC(F)C(=O)O)c5)c4)cccc32)c1C. The first-order chi connectivity index (χ1) is 21.7. The molecule has 9 nitrogen and oxygen atoms in total. The number of amides is 2. The number of carboxylic acid groups (broad SMARTS) is 1. The number of anilines is 1. The van der Waals surface area contributed by atoms with Gasteiger partial charge in [0.25, 0.3) is 5.91 Å². The number of aromatic nitrogens is 2. The molecule has 0 bridgehead atoms. The lowest BCUT2D eigenvalue weighted by molar-refractivity contribution is -0.142. The maximum Gasteiger partial charge on any atom is 0.340 e. The summed E-state index contributed by atoms with van der Waals surface area (Å²) in [6, 6.07) is 18.8.